The Bertz CT molecular complexity index is 598. The van der Waals surface area contributed by atoms with E-state index in [1.807, 2.05) is 12.3 Å². The third-order valence-corrected chi connectivity index (χ3v) is 4.19. The van der Waals surface area contributed by atoms with Crippen molar-refractivity contribution in [3.8, 4) is 0 Å². The van der Waals surface area contributed by atoms with Crippen LogP contribution in [0.2, 0.25) is 0 Å². The Balaban J connectivity index is 1.77. The quantitative estimate of drug-likeness (QED) is 0.911. The van der Waals surface area contributed by atoms with E-state index in [1.165, 1.54) is 0 Å². The molecule has 1 aliphatic carbocycles. The first-order valence-corrected chi connectivity index (χ1v) is 7.34. The van der Waals surface area contributed by atoms with Crippen molar-refractivity contribution in [2.24, 2.45) is 0 Å². The second-order valence-corrected chi connectivity index (χ2v) is 5.64. The van der Waals surface area contributed by atoms with Crippen LogP contribution < -0.4 is 5.32 Å². The van der Waals surface area contributed by atoms with Crippen LogP contribution in [0.5, 0.6) is 0 Å². The van der Waals surface area contributed by atoms with Crippen LogP contribution in [-0.4, -0.2) is 39.5 Å². The smallest absolute Gasteiger partial charge is 0.271 e. The Hall–Kier alpha value is -1.95. The lowest BCUT2D eigenvalue weighted by Gasteiger charge is -2.29. The molecule has 0 spiro atoms. The summed E-state index contributed by atoms with van der Waals surface area (Å²) in [6, 6.07) is 1.81. The van der Waals surface area contributed by atoms with Crippen molar-refractivity contribution < 1.29 is 9.53 Å². The summed E-state index contributed by atoms with van der Waals surface area (Å²) in [7, 11) is 1.69. The van der Waals surface area contributed by atoms with Gasteiger partial charge in [-0.15, -0.1) is 0 Å². The van der Waals surface area contributed by atoms with E-state index < -0.39 is 0 Å². The lowest BCUT2D eigenvalue weighted by Crippen LogP contribution is -2.47. The Morgan fingerprint density at radius 1 is 1.48 bits per heavy atom. The number of fused-ring (bicyclic) bond motifs is 1. The average Bonchev–Trinajstić information content (AvgIpc) is 3.12. The van der Waals surface area contributed by atoms with Gasteiger partial charge < -0.3 is 10.1 Å². The van der Waals surface area contributed by atoms with E-state index in [4.69, 9.17) is 4.74 Å². The lowest BCUT2D eigenvalue weighted by atomic mass is 9.93. The standard InChI is InChI=1S/C15H20N4O2/c1-21-10-7-15(5-2-3-6-15)18-13(20)12-11-19-9-4-8-16-14(19)17-12/h4,8-9,11H,2-3,5-7,10H2,1H3,(H,18,20). The van der Waals surface area contributed by atoms with Gasteiger partial charge in [0.05, 0.1) is 0 Å². The molecule has 112 valence electrons. The molecule has 0 aromatic carbocycles. The second-order valence-electron chi connectivity index (χ2n) is 5.64. The van der Waals surface area contributed by atoms with Crippen molar-refractivity contribution in [1.29, 1.82) is 0 Å². The third-order valence-electron chi connectivity index (χ3n) is 4.19. The Kier molecular flexibility index (Phi) is 3.88. The largest absolute Gasteiger partial charge is 0.385 e. The fourth-order valence-corrected chi connectivity index (χ4v) is 3.03. The zero-order valence-corrected chi connectivity index (χ0v) is 12.2. The van der Waals surface area contributed by atoms with Gasteiger partial charge in [0.15, 0.2) is 0 Å². The molecule has 21 heavy (non-hydrogen) atoms. The molecule has 0 aliphatic heterocycles. The summed E-state index contributed by atoms with van der Waals surface area (Å²) >= 11 is 0. The van der Waals surface area contributed by atoms with Gasteiger partial charge in [0.2, 0.25) is 5.78 Å². The second kappa shape index (κ2) is 5.81. The summed E-state index contributed by atoms with van der Waals surface area (Å²) in [5, 5.41) is 3.18. The number of hydrogen-bond donors (Lipinski definition) is 1. The van der Waals surface area contributed by atoms with E-state index in [0.717, 1.165) is 32.1 Å². The molecule has 3 rings (SSSR count). The highest BCUT2D eigenvalue weighted by atomic mass is 16.5. The van der Waals surface area contributed by atoms with E-state index in [9.17, 15) is 4.79 Å². The average molecular weight is 288 g/mol. The molecule has 1 N–H and O–H groups in total. The zero-order valence-electron chi connectivity index (χ0n) is 12.2. The maximum Gasteiger partial charge on any atom is 0.271 e. The van der Waals surface area contributed by atoms with Gasteiger partial charge in [-0.25, -0.2) is 9.97 Å². The molecule has 0 unspecified atom stereocenters. The molecule has 1 amide bonds. The first-order chi connectivity index (χ1) is 10.2. The Morgan fingerprint density at radius 3 is 3.00 bits per heavy atom. The first-order valence-electron chi connectivity index (χ1n) is 7.34. The Labute approximate surface area is 123 Å². The molecule has 1 saturated carbocycles. The fourth-order valence-electron chi connectivity index (χ4n) is 3.03. The minimum atomic E-state index is -0.143. The number of amides is 1. The van der Waals surface area contributed by atoms with Gasteiger partial charge in [-0.1, -0.05) is 12.8 Å². The summed E-state index contributed by atoms with van der Waals surface area (Å²) in [6.07, 6.45) is 10.4. The molecule has 6 heteroatoms. The molecular formula is C15H20N4O2. The van der Waals surface area contributed by atoms with Gasteiger partial charge in [0.25, 0.3) is 5.91 Å². The highest BCUT2D eigenvalue weighted by molar-refractivity contribution is 5.93. The SMILES string of the molecule is COCCC1(NC(=O)c2cn3cccnc3n2)CCCC1. The third kappa shape index (κ3) is 2.90. The van der Waals surface area contributed by atoms with Gasteiger partial charge in [-0.2, -0.15) is 0 Å². The maximum absolute atomic E-state index is 12.5. The van der Waals surface area contributed by atoms with Gasteiger partial charge >= 0.3 is 0 Å². The van der Waals surface area contributed by atoms with E-state index in [-0.39, 0.29) is 11.4 Å². The van der Waals surface area contributed by atoms with Crippen molar-refractivity contribution in [3.63, 3.8) is 0 Å². The molecule has 0 bridgehead atoms. The molecule has 6 nitrogen and oxygen atoms in total. The van der Waals surface area contributed by atoms with Gasteiger partial charge in [0, 0.05) is 37.8 Å². The highest BCUT2D eigenvalue weighted by Crippen LogP contribution is 2.32. The van der Waals surface area contributed by atoms with Crippen LogP contribution in [-0.2, 0) is 4.74 Å². The minimum absolute atomic E-state index is 0.126. The van der Waals surface area contributed by atoms with Crippen molar-refractivity contribution in [1.82, 2.24) is 19.7 Å². The summed E-state index contributed by atoms with van der Waals surface area (Å²) in [5.74, 6) is 0.415. The summed E-state index contributed by atoms with van der Waals surface area (Å²) in [4.78, 5) is 20.9. The predicted molar refractivity (Wildman–Crippen MR) is 78.1 cm³/mol. The number of ether oxygens (including phenoxy) is 1. The summed E-state index contributed by atoms with van der Waals surface area (Å²) in [6.45, 7) is 0.660. The Morgan fingerprint density at radius 2 is 2.29 bits per heavy atom. The lowest BCUT2D eigenvalue weighted by molar-refractivity contribution is 0.0861. The number of methoxy groups -OCH3 is 1. The maximum atomic E-state index is 12.5. The molecule has 0 saturated heterocycles. The van der Waals surface area contributed by atoms with Crippen molar-refractivity contribution >= 4 is 11.7 Å². The van der Waals surface area contributed by atoms with Crippen molar-refractivity contribution in [3.05, 3.63) is 30.4 Å². The number of hydrogen-bond acceptors (Lipinski definition) is 4. The normalized spacial score (nSPS) is 17.2. The van der Waals surface area contributed by atoms with Crippen LogP contribution in [0.4, 0.5) is 0 Å². The molecule has 1 aliphatic rings. The van der Waals surface area contributed by atoms with Crippen molar-refractivity contribution in [2.45, 2.75) is 37.6 Å². The number of imidazole rings is 1. The van der Waals surface area contributed by atoms with Crippen molar-refractivity contribution in [2.75, 3.05) is 13.7 Å². The van der Waals surface area contributed by atoms with Crippen LogP contribution in [0.25, 0.3) is 5.78 Å². The molecule has 2 heterocycles. The molecule has 0 atom stereocenters. The number of carbonyl (C=O) groups excluding carboxylic acids is 1. The molecule has 0 radical (unpaired) electrons. The minimum Gasteiger partial charge on any atom is -0.385 e. The molecule has 2 aromatic rings. The van der Waals surface area contributed by atoms with Crippen LogP contribution in [0.15, 0.2) is 24.7 Å². The van der Waals surface area contributed by atoms with Crippen LogP contribution >= 0.6 is 0 Å². The first kappa shape index (κ1) is 14.0. The predicted octanol–water partition coefficient (Wildman–Crippen LogP) is 1.81. The van der Waals surface area contributed by atoms with Gasteiger partial charge in [-0.05, 0) is 25.3 Å². The molecular weight excluding hydrogens is 268 g/mol. The number of carbonyl (C=O) groups is 1. The molecule has 2 aromatic heterocycles. The number of aromatic nitrogens is 3. The van der Waals surface area contributed by atoms with Crippen LogP contribution in [0.3, 0.4) is 0 Å². The fraction of sp³-hybridized carbons (Fsp3) is 0.533. The van der Waals surface area contributed by atoms with E-state index >= 15 is 0 Å². The number of rotatable bonds is 5. The van der Waals surface area contributed by atoms with Gasteiger partial charge in [-0.3, -0.25) is 9.20 Å². The van der Waals surface area contributed by atoms with E-state index in [1.54, 1.807) is 23.9 Å². The highest BCUT2D eigenvalue weighted by Gasteiger charge is 2.35. The van der Waals surface area contributed by atoms with Crippen LogP contribution in [0, 0.1) is 0 Å². The van der Waals surface area contributed by atoms with Gasteiger partial charge in [0.1, 0.15) is 5.69 Å². The molecule has 1 fully saturated rings. The summed E-state index contributed by atoms with van der Waals surface area (Å²) in [5.41, 5.74) is 0.272. The number of nitrogens with zero attached hydrogens (tertiary/aromatic N) is 3. The number of nitrogens with one attached hydrogen (secondary N) is 1. The van der Waals surface area contributed by atoms with Crippen LogP contribution in [0.1, 0.15) is 42.6 Å². The zero-order chi connectivity index (χ0) is 14.7. The van der Waals surface area contributed by atoms with E-state index in [2.05, 4.69) is 15.3 Å². The topological polar surface area (TPSA) is 68.5 Å². The monoisotopic (exact) mass is 288 g/mol. The van der Waals surface area contributed by atoms with E-state index in [0.29, 0.717) is 18.1 Å². The summed E-state index contributed by atoms with van der Waals surface area (Å²) < 4.78 is 6.94.